The van der Waals surface area contributed by atoms with Crippen molar-refractivity contribution in [3.05, 3.63) is 59.8 Å². The van der Waals surface area contributed by atoms with Gasteiger partial charge in [-0.2, -0.15) is 13.2 Å². The zero-order chi connectivity index (χ0) is 23.8. The number of amides is 1. The molecule has 33 heavy (non-hydrogen) atoms. The van der Waals surface area contributed by atoms with Crippen LogP contribution in [0.2, 0.25) is 0 Å². The van der Waals surface area contributed by atoms with E-state index in [0.717, 1.165) is 19.3 Å². The molecule has 4 rings (SSSR count). The lowest BCUT2D eigenvalue weighted by molar-refractivity contribution is -0.135. The minimum Gasteiger partial charge on any atom is -0.379 e. The van der Waals surface area contributed by atoms with E-state index >= 15 is 0 Å². The van der Waals surface area contributed by atoms with Crippen LogP contribution < -0.4 is 5.32 Å². The number of alkyl halides is 3. The Labute approximate surface area is 190 Å². The Kier molecular flexibility index (Phi) is 6.50. The van der Waals surface area contributed by atoms with Crippen LogP contribution in [0.5, 0.6) is 0 Å². The van der Waals surface area contributed by atoms with Crippen LogP contribution in [0.15, 0.2) is 48.7 Å². The van der Waals surface area contributed by atoms with Gasteiger partial charge >= 0.3 is 6.18 Å². The van der Waals surface area contributed by atoms with Crippen LogP contribution in [0, 0.1) is 0 Å². The summed E-state index contributed by atoms with van der Waals surface area (Å²) in [6.45, 7) is 1.90. The van der Waals surface area contributed by atoms with Gasteiger partial charge < -0.3 is 15.0 Å². The van der Waals surface area contributed by atoms with E-state index < -0.39 is 18.0 Å². The zero-order valence-corrected chi connectivity index (χ0v) is 18.6. The summed E-state index contributed by atoms with van der Waals surface area (Å²) in [7, 11) is 1.75. The molecule has 2 aromatic carbocycles. The molecular formula is C25H28F3N3O2. The van der Waals surface area contributed by atoms with E-state index in [4.69, 9.17) is 0 Å². The summed E-state index contributed by atoms with van der Waals surface area (Å²) < 4.78 is 41.6. The fraction of sp³-hybridized carbons (Fsp3) is 0.400. The fourth-order valence-electron chi connectivity index (χ4n) is 4.69. The molecule has 1 saturated carbocycles. The largest absolute Gasteiger partial charge is 0.417 e. The minimum atomic E-state index is -4.51. The van der Waals surface area contributed by atoms with Crippen molar-refractivity contribution in [1.29, 1.82) is 0 Å². The number of aromatic amines is 1. The zero-order valence-electron chi connectivity index (χ0n) is 18.6. The number of rotatable bonds is 6. The maximum absolute atomic E-state index is 13.9. The van der Waals surface area contributed by atoms with Gasteiger partial charge in [0.15, 0.2) is 0 Å². The van der Waals surface area contributed by atoms with Gasteiger partial charge in [0.2, 0.25) is 0 Å². The van der Waals surface area contributed by atoms with Gasteiger partial charge in [-0.25, -0.2) is 0 Å². The van der Waals surface area contributed by atoms with E-state index in [-0.39, 0.29) is 28.9 Å². The van der Waals surface area contributed by atoms with E-state index in [1.54, 1.807) is 42.3 Å². The molecule has 5 nitrogen and oxygen atoms in total. The average molecular weight is 460 g/mol. The number of benzene rings is 2. The monoisotopic (exact) mass is 459 g/mol. The van der Waals surface area contributed by atoms with Crippen molar-refractivity contribution < 1.29 is 23.1 Å². The van der Waals surface area contributed by atoms with Crippen molar-refractivity contribution in [2.75, 3.05) is 7.05 Å². The van der Waals surface area contributed by atoms with Crippen molar-refractivity contribution in [1.82, 2.24) is 15.2 Å². The number of halogens is 3. The second-order valence-corrected chi connectivity index (χ2v) is 8.67. The number of aliphatic hydroxyl groups excluding tert-OH is 1. The standard InChI is InChI=1S/C25H28F3N3O2/c1-3-22(32)30-17-8-9-18(14-17)31(2)24(33)16-6-4-15(5-7-16)19-10-11-21-20(12-13-29-21)23(19)25(26,27)28/h4-7,10-13,17-18,22,29-30,32H,3,8-9,14H2,1-2H3/t17-,18+,22?/m0/s1. The lowest BCUT2D eigenvalue weighted by atomic mass is 9.95. The molecule has 3 N–H and O–H groups in total. The molecule has 1 aliphatic rings. The molecule has 1 fully saturated rings. The van der Waals surface area contributed by atoms with E-state index in [9.17, 15) is 23.1 Å². The summed E-state index contributed by atoms with van der Waals surface area (Å²) in [6, 6.07) is 11.0. The Morgan fingerprint density at radius 1 is 1.18 bits per heavy atom. The van der Waals surface area contributed by atoms with Crippen molar-refractivity contribution in [2.45, 2.75) is 57.1 Å². The highest BCUT2D eigenvalue weighted by atomic mass is 19.4. The molecule has 3 aromatic rings. The maximum Gasteiger partial charge on any atom is 0.417 e. The summed E-state index contributed by atoms with van der Waals surface area (Å²) >= 11 is 0. The molecule has 1 unspecified atom stereocenters. The number of aliphatic hydroxyl groups is 1. The summed E-state index contributed by atoms with van der Waals surface area (Å²) in [5.41, 5.74) is 0.665. The van der Waals surface area contributed by atoms with Gasteiger partial charge in [0.25, 0.3) is 5.91 Å². The quantitative estimate of drug-likeness (QED) is 0.446. The number of nitrogens with zero attached hydrogens (tertiary/aromatic N) is 1. The van der Waals surface area contributed by atoms with Crippen LogP contribution in [-0.4, -0.2) is 46.3 Å². The predicted molar refractivity (Wildman–Crippen MR) is 122 cm³/mol. The van der Waals surface area contributed by atoms with Gasteiger partial charge in [-0.15, -0.1) is 0 Å². The smallest absolute Gasteiger partial charge is 0.379 e. The van der Waals surface area contributed by atoms with Crippen molar-refractivity contribution in [2.24, 2.45) is 0 Å². The lowest BCUT2D eigenvalue weighted by Gasteiger charge is -2.25. The molecule has 1 heterocycles. The normalized spacial score (nSPS) is 19.7. The second-order valence-electron chi connectivity index (χ2n) is 8.67. The molecule has 1 aromatic heterocycles. The second kappa shape index (κ2) is 9.19. The Bertz CT molecular complexity index is 1120. The summed E-state index contributed by atoms with van der Waals surface area (Å²) in [5.74, 6) is -0.166. The van der Waals surface area contributed by atoms with Crippen LogP contribution in [-0.2, 0) is 6.18 Å². The highest BCUT2D eigenvalue weighted by Crippen LogP contribution is 2.41. The van der Waals surface area contributed by atoms with Gasteiger partial charge in [-0.05, 0) is 61.1 Å². The fourth-order valence-corrected chi connectivity index (χ4v) is 4.69. The maximum atomic E-state index is 13.9. The van der Waals surface area contributed by atoms with E-state index in [1.807, 2.05) is 6.92 Å². The number of fused-ring (bicyclic) bond motifs is 1. The average Bonchev–Trinajstić information content (AvgIpc) is 3.46. The number of carbonyl (C=O) groups is 1. The third-order valence-electron chi connectivity index (χ3n) is 6.55. The Hall–Kier alpha value is -2.84. The molecule has 0 aliphatic heterocycles. The first-order valence-corrected chi connectivity index (χ1v) is 11.2. The molecule has 176 valence electrons. The summed E-state index contributed by atoms with van der Waals surface area (Å²) in [5, 5.41) is 13.1. The highest BCUT2D eigenvalue weighted by molar-refractivity contribution is 5.95. The molecule has 1 amide bonds. The van der Waals surface area contributed by atoms with Gasteiger partial charge in [0.05, 0.1) is 5.56 Å². The van der Waals surface area contributed by atoms with Crippen LogP contribution in [0.4, 0.5) is 13.2 Å². The van der Waals surface area contributed by atoms with Crippen molar-refractivity contribution >= 4 is 16.8 Å². The molecule has 0 radical (unpaired) electrons. The number of H-pyrrole nitrogens is 1. The first-order valence-electron chi connectivity index (χ1n) is 11.2. The van der Waals surface area contributed by atoms with Crippen molar-refractivity contribution in [3.63, 3.8) is 0 Å². The van der Waals surface area contributed by atoms with Crippen LogP contribution in [0.25, 0.3) is 22.0 Å². The van der Waals surface area contributed by atoms with Gasteiger partial charge in [0, 0.05) is 41.8 Å². The molecule has 3 atom stereocenters. The summed E-state index contributed by atoms with van der Waals surface area (Å²) in [6.07, 6.45) is -0.481. The SMILES string of the molecule is CCC(O)N[C@H]1CC[C@@H](N(C)C(=O)c2ccc(-c3ccc4[nH]ccc4c3C(F)(F)F)cc2)C1. The number of aromatic nitrogens is 1. The van der Waals surface area contributed by atoms with Gasteiger partial charge in [-0.3, -0.25) is 10.1 Å². The minimum absolute atomic E-state index is 0.0477. The summed E-state index contributed by atoms with van der Waals surface area (Å²) in [4.78, 5) is 17.5. The first kappa shape index (κ1) is 23.3. The Morgan fingerprint density at radius 3 is 2.58 bits per heavy atom. The van der Waals surface area contributed by atoms with Gasteiger partial charge in [-0.1, -0.05) is 25.1 Å². The third-order valence-corrected chi connectivity index (χ3v) is 6.55. The topological polar surface area (TPSA) is 68.4 Å². The Balaban J connectivity index is 1.53. The predicted octanol–water partition coefficient (Wildman–Crippen LogP) is 5.16. The number of nitrogens with one attached hydrogen (secondary N) is 2. The molecular weight excluding hydrogens is 431 g/mol. The molecule has 0 spiro atoms. The van der Waals surface area contributed by atoms with Crippen LogP contribution in [0.3, 0.4) is 0 Å². The third kappa shape index (κ3) is 4.77. The van der Waals surface area contributed by atoms with Crippen molar-refractivity contribution in [3.8, 4) is 11.1 Å². The van der Waals surface area contributed by atoms with Crippen LogP contribution in [0.1, 0.15) is 48.5 Å². The number of hydrogen-bond acceptors (Lipinski definition) is 3. The number of hydrogen-bond donors (Lipinski definition) is 3. The molecule has 0 bridgehead atoms. The Morgan fingerprint density at radius 2 is 1.91 bits per heavy atom. The number of carbonyl (C=O) groups excluding carboxylic acids is 1. The highest BCUT2D eigenvalue weighted by Gasteiger charge is 2.36. The van der Waals surface area contributed by atoms with E-state index in [1.165, 1.54) is 18.3 Å². The molecule has 0 saturated heterocycles. The molecule has 8 heteroatoms. The lowest BCUT2D eigenvalue weighted by Crippen LogP contribution is -2.39. The van der Waals surface area contributed by atoms with E-state index in [2.05, 4.69) is 10.3 Å². The van der Waals surface area contributed by atoms with E-state index in [0.29, 0.717) is 23.1 Å². The van der Waals surface area contributed by atoms with Crippen LogP contribution >= 0.6 is 0 Å². The molecule has 1 aliphatic carbocycles. The van der Waals surface area contributed by atoms with Gasteiger partial charge in [0.1, 0.15) is 6.23 Å². The first-order chi connectivity index (χ1) is 15.7.